The van der Waals surface area contributed by atoms with Crippen molar-refractivity contribution in [1.82, 2.24) is 9.29 Å². The summed E-state index contributed by atoms with van der Waals surface area (Å²) in [6, 6.07) is 3.67. The topological polar surface area (TPSA) is 79.5 Å². The van der Waals surface area contributed by atoms with Crippen LogP contribution in [0.3, 0.4) is 0 Å². The Labute approximate surface area is 114 Å². The number of aromatic nitrogens is 1. The number of nitrogens with two attached hydrogens (primary N) is 1. The predicted molar refractivity (Wildman–Crippen MR) is 76.5 cm³/mol. The molecule has 7 heteroatoms. The van der Waals surface area contributed by atoms with Crippen molar-refractivity contribution in [3.8, 4) is 0 Å². The Morgan fingerprint density at radius 1 is 1.21 bits per heavy atom. The first-order valence-corrected chi connectivity index (χ1v) is 7.87. The second-order valence-corrected chi connectivity index (χ2v) is 7.42. The van der Waals surface area contributed by atoms with Crippen LogP contribution in [0.5, 0.6) is 0 Å². The predicted octanol–water partition coefficient (Wildman–Crippen LogP) is 0.524. The average Bonchev–Trinajstić information content (AvgIpc) is 2.39. The summed E-state index contributed by atoms with van der Waals surface area (Å²) in [5.41, 5.74) is 6.23. The molecule has 0 spiro atoms. The van der Waals surface area contributed by atoms with Gasteiger partial charge in [-0.05, 0) is 26.0 Å². The summed E-state index contributed by atoms with van der Waals surface area (Å²) in [5.74, 6) is 0.843. The molecule has 0 atom stereocenters. The molecule has 0 unspecified atom stereocenters. The lowest BCUT2D eigenvalue weighted by atomic mass is 10.3. The number of sulfonamides is 1. The smallest absolute Gasteiger partial charge is 0.216 e. The minimum Gasteiger partial charge on any atom is -0.397 e. The van der Waals surface area contributed by atoms with E-state index in [-0.39, 0.29) is 5.25 Å². The van der Waals surface area contributed by atoms with E-state index in [1.807, 2.05) is 6.07 Å². The molecule has 1 aromatic heterocycles. The van der Waals surface area contributed by atoms with Crippen molar-refractivity contribution in [3.63, 3.8) is 0 Å². The minimum atomic E-state index is -3.15. The molecule has 0 saturated carbocycles. The molecule has 106 valence electrons. The summed E-state index contributed by atoms with van der Waals surface area (Å²) in [6.07, 6.45) is 1.62. The molecule has 6 nitrogen and oxygen atoms in total. The van der Waals surface area contributed by atoms with Gasteiger partial charge in [0.15, 0.2) is 0 Å². The van der Waals surface area contributed by atoms with Crippen molar-refractivity contribution in [3.05, 3.63) is 18.3 Å². The third kappa shape index (κ3) is 2.98. The molecule has 0 aromatic carbocycles. The van der Waals surface area contributed by atoms with Crippen LogP contribution in [0.2, 0.25) is 0 Å². The molecule has 0 bridgehead atoms. The second-order valence-electron chi connectivity index (χ2n) is 4.93. The number of hydrogen-bond acceptors (Lipinski definition) is 5. The molecule has 1 aliphatic rings. The van der Waals surface area contributed by atoms with Crippen molar-refractivity contribution in [2.45, 2.75) is 19.1 Å². The van der Waals surface area contributed by atoms with E-state index in [0.717, 1.165) is 5.82 Å². The average molecular weight is 284 g/mol. The lowest BCUT2D eigenvalue weighted by Gasteiger charge is -2.35. The lowest BCUT2D eigenvalue weighted by Crippen LogP contribution is -2.50. The fourth-order valence-corrected chi connectivity index (χ4v) is 3.32. The van der Waals surface area contributed by atoms with Gasteiger partial charge in [0.25, 0.3) is 0 Å². The van der Waals surface area contributed by atoms with Gasteiger partial charge < -0.3 is 10.6 Å². The van der Waals surface area contributed by atoms with Crippen LogP contribution in [0, 0.1) is 0 Å². The van der Waals surface area contributed by atoms with Gasteiger partial charge in [0.2, 0.25) is 10.0 Å². The van der Waals surface area contributed by atoms with Gasteiger partial charge in [0.05, 0.1) is 17.1 Å². The summed E-state index contributed by atoms with van der Waals surface area (Å²) in [5, 5.41) is -0.367. The van der Waals surface area contributed by atoms with Crippen LogP contribution in [0.4, 0.5) is 11.5 Å². The first-order chi connectivity index (χ1) is 8.91. The summed E-state index contributed by atoms with van der Waals surface area (Å²) >= 11 is 0. The molecule has 1 fully saturated rings. The highest BCUT2D eigenvalue weighted by Crippen LogP contribution is 2.17. The highest BCUT2D eigenvalue weighted by atomic mass is 32.2. The first kappa shape index (κ1) is 14.1. The lowest BCUT2D eigenvalue weighted by molar-refractivity contribution is 0.380. The van der Waals surface area contributed by atoms with E-state index < -0.39 is 10.0 Å². The van der Waals surface area contributed by atoms with Gasteiger partial charge in [0.1, 0.15) is 5.82 Å². The van der Waals surface area contributed by atoms with Crippen LogP contribution < -0.4 is 10.6 Å². The van der Waals surface area contributed by atoms with Gasteiger partial charge in [-0.2, -0.15) is 4.31 Å². The van der Waals surface area contributed by atoms with E-state index in [1.165, 1.54) is 0 Å². The normalized spacial score (nSPS) is 17.9. The number of piperazine rings is 1. The maximum atomic E-state index is 12.0. The first-order valence-electron chi connectivity index (χ1n) is 6.36. The molecule has 0 amide bonds. The Morgan fingerprint density at radius 3 is 2.32 bits per heavy atom. The monoisotopic (exact) mass is 284 g/mol. The van der Waals surface area contributed by atoms with Crippen LogP contribution in [0.1, 0.15) is 13.8 Å². The third-order valence-electron chi connectivity index (χ3n) is 3.29. The number of pyridine rings is 1. The molecule has 1 aromatic rings. The number of nitrogens with zero attached hydrogens (tertiary/aromatic N) is 3. The van der Waals surface area contributed by atoms with Gasteiger partial charge in [-0.25, -0.2) is 13.4 Å². The van der Waals surface area contributed by atoms with Gasteiger partial charge in [-0.1, -0.05) is 0 Å². The molecule has 2 heterocycles. The quantitative estimate of drug-likeness (QED) is 0.875. The summed E-state index contributed by atoms with van der Waals surface area (Å²) in [7, 11) is -3.15. The molecule has 19 heavy (non-hydrogen) atoms. The van der Waals surface area contributed by atoms with E-state index >= 15 is 0 Å². The van der Waals surface area contributed by atoms with Crippen LogP contribution in [-0.4, -0.2) is 49.1 Å². The number of hydrogen-bond donors (Lipinski definition) is 1. The molecule has 1 aliphatic heterocycles. The van der Waals surface area contributed by atoms with Gasteiger partial charge in [-0.15, -0.1) is 0 Å². The van der Waals surface area contributed by atoms with Gasteiger partial charge in [-0.3, -0.25) is 0 Å². The fraction of sp³-hybridized carbons (Fsp3) is 0.583. The Kier molecular flexibility index (Phi) is 3.96. The Bertz CT molecular complexity index is 519. The van der Waals surface area contributed by atoms with Crippen molar-refractivity contribution in [2.75, 3.05) is 36.8 Å². The van der Waals surface area contributed by atoms with Gasteiger partial charge in [0, 0.05) is 26.2 Å². The highest BCUT2D eigenvalue weighted by molar-refractivity contribution is 7.89. The van der Waals surface area contributed by atoms with Crippen molar-refractivity contribution in [2.24, 2.45) is 0 Å². The Balaban J connectivity index is 2.02. The standard InChI is InChI=1S/C12H20N4O2S/c1-10(2)19(17,18)16-7-5-15(6-8-16)12-4-3-11(13)9-14-12/h3-4,9-10H,5-8,13H2,1-2H3. The fourth-order valence-electron chi connectivity index (χ4n) is 2.05. The zero-order valence-electron chi connectivity index (χ0n) is 11.3. The zero-order chi connectivity index (χ0) is 14.0. The highest BCUT2D eigenvalue weighted by Gasteiger charge is 2.29. The van der Waals surface area contributed by atoms with Crippen molar-refractivity contribution >= 4 is 21.5 Å². The van der Waals surface area contributed by atoms with E-state index in [9.17, 15) is 8.42 Å². The third-order valence-corrected chi connectivity index (χ3v) is 5.57. The number of nitrogen functional groups attached to an aromatic ring is 1. The maximum Gasteiger partial charge on any atom is 0.216 e. The van der Waals surface area contributed by atoms with Crippen LogP contribution in [-0.2, 0) is 10.0 Å². The summed E-state index contributed by atoms with van der Waals surface area (Å²) < 4.78 is 25.7. The molecule has 2 rings (SSSR count). The van der Waals surface area contributed by atoms with Crippen molar-refractivity contribution < 1.29 is 8.42 Å². The zero-order valence-corrected chi connectivity index (χ0v) is 12.1. The summed E-state index contributed by atoms with van der Waals surface area (Å²) in [4.78, 5) is 6.33. The summed E-state index contributed by atoms with van der Waals surface area (Å²) in [6.45, 7) is 5.75. The Hall–Kier alpha value is -1.34. The van der Waals surface area contributed by atoms with E-state index in [4.69, 9.17) is 5.73 Å². The van der Waals surface area contributed by atoms with E-state index in [0.29, 0.717) is 31.9 Å². The van der Waals surface area contributed by atoms with Crippen molar-refractivity contribution in [1.29, 1.82) is 0 Å². The maximum absolute atomic E-state index is 12.0. The van der Waals surface area contributed by atoms with E-state index in [2.05, 4.69) is 9.88 Å². The SMILES string of the molecule is CC(C)S(=O)(=O)N1CCN(c2ccc(N)cn2)CC1. The Morgan fingerprint density at radius 2 is 1.84 bits per heavy atom. The molecule has 0 aliphatic carbocycles. The molecule has 1 saturated heterocycles. The second kappa shape index (κ2) is 5.34. The molecular formula is C12H20N4O2S. The molecule has 2 N–H and O–H groups in total. The largest absolute Gasteiger partial charge is 0.397 e. The van der Waals surface area contributed by atoms with Crippen LogP contribution in [0.15, 0.2) is 18.3 Å². The number of rotatable bonds is 3. The molecule has 0 radical (unpaired) electrons. The van der Waals surface area contributed by atoms with Crippen LogP contribution in [0.25, 0.3) is 0 Å². The number of anilines is 2. The molecular weight excluding hydrogens is 264 g/mol. The van der Waals surface area contributed by atoms with Crippen LogP contribution >= 0.6 is 0 Å². The van der Waals surface area contributed by atoms with E-state index in [1.54, 1.807) is 30.4 Å². The van der Waals surface area contributed by atoms with Gasteiger partial charge >= 0.3 is 0 Å². The minimum absolute atomic E-state index is 0.367.